The average molecular weight is 281 g/mol. The molecule has 1 aromatic carbocycles. The van der Waals surface area contributed by atoms with E-state index < -0.39 is 6.10 Å². The number of aliphatic hydroxyl groups excluding tert-OH is 2. The van der Waals surface area contributed by atoms with Crippen LogP contribution in [0.15, 0.2) is 18.2 Å². The smallest absolute Gasteiger partial charge is 0.123 e. The Balaban J connectivity index is 2.24. The predicted molar refractivity (Wildman–Crippen MR) is 77.0 cm³/mol. The molecular formula is C15H23NO4. The highest BCUT2D eigenvalue weighted by molar-refractivity contribution is 5.54. The van der Waals surface area contributed by atoms with Gasteiger partial charge in [-0.25, -0.2) is 0 Å². The second-order valence-electron chi connectivity index (χ2n) is 5.98. The van der Waals surface area contributed by atoms with Crippen LogP contribution in [0.3, 0.4) is 0 Å². The van der Waals surface area contributed by atoms with Gasteiger partial charge in [0, 0.05) is 30.4 Å². The van der Waals surface area contributed by atoms with E-state index in [-0.39, 0.29) is 24.1 Å². The number of benzene rings is 1. The molecule has 1 aliphatic heterocycles. The maximum atomic E-state index is 9.98. The molecular weight excluding hydrogens is 258 g/mol. The van der Waals surface area contributed by atoms with Crippen LogP contribution in [0.5, 0.6) is 5.75 Å². The van der Waals surface area contributed by atoms with E-state index >= 15 is 0 Å². The van der Waals surface area contributed by atoms with Crippen molar-refractivity contribution >= 4 is 5.69 Å². The van der Waals surface area contributed by atoms with Crippen molar-refractivity contribution in [2.24, 2.45) is 0 Å². The third-order valence-corrected chi connectivity index (χ3v) is 3.51. The van der Waals surface area contributed by atoms with Crippen molar-refractivity contribution in [3.63, 3.8) is 0 Å². The van der Waals surface area contributed by atoms with E-state index in [2.05, 4.69) is 4.90 Å². The zero-order valence-corrected chi connectivity index (χ0v) is 12.2. The molecule has 0 saturated carbocycles. The van der Waals surface area contributed by atoms with Gasteiger partial charge in [0.1, 0.15) is 5.75 Å². The highest BCUT2D eigenvalue weighted by atomic mass is 16.5. The lowest BCUT2D eigenvalue weighted by Crippen LogP contribution is -2.54. The number of aliphatic hydroxyl groups is 2. The largest absolute Gasteiger partial charge is 0.507 e. The van der Waals surface area contributed by atoms with E-state index in [9.17, 15) is 15.3 Å². The van der Waals surface area contributed by atoms with Crippen LogP contribution in [0, 0.1) is 0 Å². The summed E-state index contributed by atoms with van der Waals surface area (Å²) in [5, 5.41) is 28.8. The number of hydrogen-bond donors (Lipinski definition) is 3. The van der Waals surface area contributed by atoms with E-state index in [0.29, 0.717) is 18.7 Å². The molecule has 0 radical (unpaired) electrons. The highest BCUT2D eigenvalue weighted by Gasteiger charge is 2.33. The van der Waals surface area contributed by atoms with Crippen LogP contribution in [-0.2, 0) is 4.74 Å². The van der Waals surface area contributed by atoms with Crippen molar-refractivity contribution in [3.8, 4) is 5.75 Å². The molecule has 112 valence electrons. The summed E-state index contributed by atoms with van der Waals surface area (Å²) < 4.78 is 5.77. The quantitative estimate of drug-likeness (QED) is 0.781. The Morgan fingerprint density at radius 1 is 1.45 bits per heavy atom. The minimum atomic E-state index is -0.699. The van der Waals surface area contributed by atoms with Gasteiger partial charge in [-0.05, 0) is 26.8 Å². The van der Waals surface area contributed by atoms with E-state index in [1.54, 1.807) is 19.1 Å². The van der Waals surface area contributed by atoms with Gasteiger partial charge >= 0.3 is 0 Å². The van der Waals surface area contributed by atoms with Crippen molar-refractivity contribution < 1.29 is 20.1 Å². The number of morpholine rings is 1. The Bertz CT molecular complexity index is 473. The molecule has 2 atom stereocenters. The molecule has 2 unspecified atom stereocenters. The average Bonchev–Trinajstić information content (AvgIpc) is 2.36. The van der Waals surface area contributed by atoms with Crippen molar-refractivity contribution in [3.05, 3.63) is 23.8 Å². The second kappa shape index (κ2) is 5.60. The van der Waals surface area contributed by atoms with Crippen LogP contribution in [0.25, 0.3) is 0 Å². The van der Waals surface area contributed by atoms with E-state index in [4.69, 9.17) is 4.74 Å². The first-order valence-corrected chi connectivity index (χ1v) is 6.87. The third-order valence-electron chi connectivity index (χ3n) is 3.51. The van der Waals surface area contributed by atoms with Gasteiger partial charge in [-0.2, -0.15) is 0 Å². The Morgan fingerprint density at radius 2 is 2.15 bits per heavy atom. The second-order valence-corrected chi connectivity index (χ2v) is 5.98. The molecule has 5 nitrogen and oxygen atoms in total. The van der Waals surface area contributed by atoms with Crippen molar-refractivity contribution in [2.75, 3.05) is 24.6 Å². The number of phenols is 1. The molecule has 1 fully saturated rings. The van der Waals surface area contributed by atoms with Crippen LogP contribution in [0.2, 0.25) is 0 Å². The normalized spacial score (nSPS) is 23.6. The lowest BCUT2D eigenvalue weighted by atomic mass is 10.0. The molecule has 3 N–H and O–H groups in total. The van der Waals surface area contributed by atoms with Crippen LogP contribution < -0.4 is 4.90 Å². The van der Waals surface area contributed by atoms with Gasteiger partial charge in [0.2, 0.25) is 0 Å². The first-order chi connectivity index (χ1) is 9.32. The Morgan fingerprint density at radius 3 is 2.70 bits per heavy atom. The van der Waals surface area contributed by atoms with Crippen molar-refractivity contribution in [1.82, 2.24) is 0 Å². The molecule has 0 spiro atoms. The Hall–Kier alpha value is -1.30. The predicted octanol–water partition coefficient (Wildman–Crippen LogP) is 1.42. The molecule has 0 bridgehead atoms. The summed E-state index contributed by atoms with van der Waals surface area (Å²) in [5.74, 6) is 0.0855. The summed E-state index contributed by atoms with van der Waals surface area (Å²) in [6.45, 7) is 6.80. The number of phenolic OH excluding ortho intramolecular Hbond substituents is 1. The molecule has 5 heteroatoms. The van der Waals surface area contributed by atoms with E-state index in [1.807, 2.05) is 19.9 Å². The van der Waals surface area contributed by atoms with Crippen LogP contribution in [0.1, 0.15) is 32.4 Å². The summed E-state index contributed by atoms with van der Waals surface area (Å²) in [4.78, 5) is 2.08. The van der Waals surface area contributed by atoms with Gasteiger partial charge in [-0.1, -0.05) is 6.07 Å². The molecule has 1 heterocycles. The minimum Gasteiger partial charge on any atom is -0.507 e. The van der Waals surface area contributed by atoms with E-state index in [0.717, 1.165) is 5.69 Å². The Kier molecular flexibility index (Phi) is 4.22. The summed E-state index contributed by atoms with van der Waals surface area (Å²) in [5.41, 5.74) is 1.02. The maximum Gasteiger partial charge on any atom is 0.123 e. The van der Waals surface area contributed by atoms with Crippen LogP contribution in [-0.4, -0.2) is 46.7 Å². The first-order valence-electron chi connectivity index (χ1n) is 6.87. The fourth-order valence-electron chi connectivity index (χ4n) is 2.67. The summed E-state index contributed by atoms with van der Waals surface area (Å²) in [7, 11) is 0. The van der Waals surface area contributed by atoms with Gasteiger partial charge in [0.05, 0.1) is 24.4 Å². The topological polar surface area (TPSA) is 73.2 Å². The molecule has 0 aliphatic carbocycles. The Labute approximate surface area is 119 Å². The molecule has 0 amide bonds. The fraction of sp³-hybridized carbons (Fsp3) is 0.600. The number of anilines is 1. The number of hydrogen-bond acceptors (Lipinski definition) is 5. The van der Waals surface area contributed by atoms with Gasteiger partial charge < -0.3 is 25.0 Å². The van der Waals surface area contributed by atoms with Crippen LogP contribution in [0.4, 0.5) is 5.69 Å². The van der Waals surface area contributed by atoms with E-state index in [1.165, 1.54) is 0 Å². The maximum absolute atomic E-state index is 9.98. The van der Waals surface area contributed by atoms with Gasteiger partial charge in [-0.15, -0.1) is 0 Å². The number of nitrogens with zero attached hydrogens (tertiary/aromatic N) is 1. The fourth-order valence-corrected chi connectivity index (χ4v) is 2.67. The standard InChI is InChI=1S/C15H23NO4/c1-10(18)13-5-4-11(6-14(13)19)16-7-12(8-17)20-15(2,3)9-16/h4-6,10,12,17-19H,7-9H2,1-3H3. The zero-order valence-electron chi connectivity index (χ0n) is 12.2. The third kappa shape index (κ3) is 3.23. The van der Waals surface area contributed by atoms with Crippen molar-refractivity contribution in [1.29, 1.82) is 0 Å². The monoisotopic (exact) mass is 281 g/mol. The van der Waals surface area contributed by atoms with Crippen molar-refractivity contribution in [2.45, 2.75) is 38.6 Å². The summed E-state index contributed by atoms with van der Waals surface area (Å²) >= 11 is 0. The van der Waals surface area contributed by atoms with Gasteiger partial charge in [-0.3, -0.25) is 0 Å². The highest BCUT2D eigenvalue weighted by Crippen LogP contribution is 2.32. The molecule has 1 aromatic rings. The lowest BCUT2D eigenvalue weighted by Gasteiger charge is -2.43. The van der Waals surface area contributed by atoms with Gasteiger partial charge in [0.25, 0.3) is 0 Å². The first kappa shape index (κ1) is 15.1. The number of rotatable bonds is 3. The van der Waals surface area contributed by atoms with Gasteiger partial charge in [0.15, 0.2) is 0 Å². The lowest BCUT2D eigenvalue weighted by molar-refractivity contribution is -0.101. The summed E-state index contributed by atoms with van der Waals surface area (Å²) in [6.07, 6.45) is -0.937. The van der Waals surface area contributed by atoms with Crippen LogP contribution >= 0.6 is 0 Å². The zero-order chi connectivity index (χ0) is 14.9. The molecule has 1 aliphatic rings. The number of ether oxygens (including phenoxy) is 1. The molecule has 20 heavy (non-hydrogen) atoms. The number of aromatic hydroxyl groups is 1. The molecule has 1 saturated heterocycles. The minimum absolute atomic E-state index is 0.0301. The molecule has 2 rings (SSSR count). The SMILES string of the molecule is CC(O)c1ccc(N2CC(CO)OC(C)(C)C2)cc1O. The summed E-state index contributed by atoms with van der Waals surface area (Å²) in [6, 6.07) is 5.25. The molecule has 0 aromatic heterocycles.